The Morgan fingerprint density at radius 1 is 1.21 bits per heavy atom. The van der Waals surface area contributed by atoms with Crippen LogP contribution in [0.2, 0.25) is 0 Å². The lowest BCUT2D eigenvalue weighted by Crippen LogP contribution is -2.36. The van der Waals surface area contributed by atoms with Gasteiger partial charge in [0.15, 0.2) is 0 Å². The molecule has 1 aliphatic heterocycles. The number of Topliss-reactive ketones (excluding diaryl/α,β-unsaturated/α-hetero) is 1. The van der Waals surface area contributed by atoms with Gasteiger partial charge in [-0.3, -0.25) is 4.79 Å². The van der Waals surface area contributed by atoms with Gasteiger partial charge >= 0.3 is 0 Å². The first-order valence-corrected chi connectivity index (χ1v) is 6.82. The summed E-state index contributed by atoms with van der Waals surface area (Å²) in [7, 11) is 0. The summed E-state index contributed by atoms with van der Waals surface area (Å²) < 4.78 is 5.35. The van der Waals surface area contributed by atoms with Crippen LogP contribution in [-0.2, 0) is 16.0 Å². The molecule has 0 spiro atoms. The zero-order chi connectivity index (χ0) is 13.5. The van der Waals surface area contributed by atoms with E-state index in [2.05, 4.69) is 35.2 Å². The van der Waals surface area contributed by atoms with E-state index in [0.29, 0.717) is 6.42 Å². The van der Waals surface area contributed by atoms with Crippen LogP contribution in [0.5, 0.6) is 0 Å². The van der Waals surface area contributed by atoms with E-state index in [0.717, 1.165) is 32.7 Å². The molecule has 0 amide bonds. The van der Waals surface area contributed by atoms with Gasteiger partial charge in [-0.2, -0.15) is 0 Å². The van der Waals surface area contributed by atoms with Crippen LogP contribution < -0.4 is 4.90 Å². The average Bonchev–Trinajstić information content (AvgIpc) is 2.45. The number of rotatable bonds is 5. The second-order valence-corrected chi connectivity index (χ2v) is 4.85. The smallest absolute Gasteiger partial charge is 0.133 e. The van der Waals surface area contributed by atoms with E-state index < -0.39 is 0 Å². The van der Waals surface area contributed by atoms with E-state index in [-0.39, 0.29) is 5.78 Å². The fraction of sp³-hybridized carbons (Fsp3) is 0.438. The van der Waals surface area contributed by atoms with E-state index in [1.807, 2.05) is 6.08 Å². The van der Waals surface area contributed by atoms with Crippen LogP contribution in [0.1, 0.15) is 18.9 Å². The van der Waals surface area contributed by atoms with Crippen molar-refractivity contribution in [3.8, 4) is 0 Å². The Hall–Kier alpha value is -1.61. The first kappa shape index (κ1) is 13.8. The summed E-state index contributed by atoms with van der Waals surface area (Å²) >= 11 is 0. The molecular formula is C16H21NO2. The van der Waals surface area contributed by atoms with Crippen molar-refractivity contribution in [3.05, 3.63) is 42.0 Å². The molecule has 0 saturated carbocycles. The molecule has 1 aliphatic rings. The van der Waals surface area contributed by atoms with E-state index in [1.165, 1.54) is 11.3 Å². The lowest BCUT2D eigenvalue weighted by molar-refractivity contribution is -0.116. The molecular weight excluding hydrogens is 238 g/mol. The van der Waals surface area contributed by atoms with Crippen molar-refractivity contribution in [3.63, 3.8) is 0 Å². The first-order chi connectivity index (χ1) is 9.25. The van der Waals surface area contributed by atoms with Crippen LogP contribution in [0.4, 0.5) is 5.69 Å². The molecule has 0 aliphatic carbocycles. The minimum Gasteiger partial charge on any atom is -0.378 e. The van der Waals surface area contributed by atoms with Gasteiger partial charge in [-0.15, -0.1) is 0 Å². The highest BCUT2D eigenvalue weighted by atomic mass is 16.5. The molecule has 1 aromatic rings. The van der Waals surface area contributed by atoms with Gasteiger partial charge in [0.1, 0.15) is 5.78 Å². The molecule has 3 heteroatoms. The number of benzene rings is 1. The molecule has 0 atom stereocenters. The summed E-state index contributed by atoms with van der Waals surface area (Å²) in [5.41, 5.74) is 2.54. The largest absolute Gasteiger partial charge is 0.378 e. The van der Waals surface area contributed by atoms with Crippen molar-refractivity contribution in [2.75, 3.05) is 31.2 Å². The summed E-state index contributed by atoms with van der Waals surface area (Å²) in [6.45, 7) is 5.18. The van der Waals surface area contributed by atoms with Crippen LogP contribution in [0.25, 0.3) is 0 Å². The number of carbonyl (C=O) groups excluding carboxylic acids is 1. The highest BCUT2D eigenvalue weighted by molar-refractivity contribution is 5.76. The molecule has 0 N–H and O–H groups in total. The zero-order valence-corrected chi connectivity index (χ0v) is 11.5. The van der Waals surface area contributed by atoms with E-state index in [4.69, 9.17) is 4.74 Å². The summed E-state index contributed by atoms with van der Waals surface area (Å²) in [5.74, 6) is 0.207. The van der Waals surface area contributed by atoms with Crippen molar-refractivity contribution >= 4 is 11.5 Å². The minimum absolute atomic E-state index is 0.207. The molecule has 19 heavy (non-hydrogen) atoms. The summed E-state index contributed by atoms with van der Waals surface area (Å²) in [6, 6.07) is 8.64. The molecule has 0 unspecified atom stereocenters. The predicted molar refractivity (Wildman–Crippen MR) is 77.6 cm³/mol. The Balaban J connectivity index is 1.87. The highest BCUT2D eigenvalue weighted by Crippen LogP contribution is 2.17. The Kier molecular flexibility index (Phi) is 5.16. The maximum Gasteiger partial charge on any atom is 0.133 e. The van der Waals surface area contributed by atoms with Crippen LogP contribution in [0, 0.1) is 0 Å². The molecule has 1 aromatic carbocycles. The minimum atomic E-state index is 0.207. The van der Waals surface area contributed by atoms with Gasteiger partial charge in [0.05, 0.1) is 13.2 Å². The summed E-state index contributed by atoms with van der Waals surface area (Å²) in [6.07, 6.45) is 5.42. The third-order valence-electron chi connectivity index (χ3n) is 3.24. The Morgan fingerprint density at radius 3 is 2.53 bits per heavy atom. The zero-order valence-electron chi connectivity index (χ0n) is 11.5. The molecule has 1 saturated heterocycles. The number of allylic oxidation sites excluding steroid dienone is 2. The standard InChI is InChI=1S/C16H21NO2/c1-14(18)4-2-3-5-15-6-8-16(9-7-15)17-10-12-19-13-11-17/h2-3,6-9H,4-5,10-13H2,1H3. The Bertz CT molecular complexity index is 431. The maximum absolute atomic E-state index is 10.8. The molecule has 102 valence electrons. The van der Waals surface area contributed by atoms with Crippen molar-refractivity contribution in [2.24, 2.45) is 0 Å². The van der Waals surface area contributed by atoms with Crippen molar-refractivity contribution in [1.82, 2.24) is 0 Å². The topological polar surface area (TPSA) is 29.5 Å². The van der Waals surface area contributed by atoms with Crippen LogP contribution in [0.3, 0.4) is 0 Å². The summed E-state index contributed by atoms with van der Waals surface area (Å²) in [5, 5.41) is 0. The second-order valence-electron chi connectivity index (χ2n) is 4.85. The van der Waals surface area contributed by atoms with Crippen molar-refractivity contribution in [2.45, 2.75) is 19.8 Å². The Labute approximate surface area is 114 Å². The number of anilines is 1. The first-order valence-electron chi connectivity index (χ1n) is 6.82. The number of hydrogen-bond acceptors (Lipinski definition) is 3. The Morgan fingerprint density at radius 2 is 1.89 bits per heavy atom. The third-order valence-corrected chi connectivity index (χ3v) is 3.24. The predicted octanol–water partition coefficient (Wildman–Crippen LogP) is 2.60. The van der Waals surface area contributed by atoms with Crippen LogP contribution in [0.15, 0.2) is 36.4 Å². The van der Waals surface area contributed by atoms with Gasteiger partial charge in [0, 0.05) is 25.2 Å². The van der Waals surface area contributed by atoms with Gasteiger partial charge < -0.3 is 9.64 Å². The molecule has 2 rings (SSSR count). The molecule has 0 radical (unpaired) electrons. The van der Waals surface area contributed by atoms with Gasteiger partial charge in [-0.05, 0) is 31.0 Å². The average molecular weight is 259 g/mol. The molecule has 0 bridgehead atoms. The van der Waals surface area contributed by atoms with E-state index in [1.54, 1.807) is 6.92 Å². The third kappa shape index (κ3) is 4.52. The van der Waals surface area contributed by atoms with Crippen LogP contribution in [-0.4, -0.2) is 32.1 Å². The number of carbonyl (C=O) groups is 1. The van der Waals surface area contributed by atoms with Crippen molar-refractivity contribution < 1.29 is 9.53 Å². The quantitative estimate of drug-likeness (QED) is 0.761. The number of morpholine rings is 1. The highest BCUT2D eigenvalue weighted by Gasteiger charge is 2.10. The van der Waals surface area contributed by atoms with Gasteiger partial charge in [-0.25, -0.2) is 0 Å². The number of ketones is 1. The summed E-state index contributed by atoms with van der Waals surface area (Å²) in [4.78, 5) is 13.2. The lowest BCUT2D eigenvalue weighted by Gasteiger charge is -2.28. The van der Waals surface area contributed by atoms with Crippen LogP contribution >= 0.6 is 0 Å². The molecule has 1 fully saturated rings. The van der Waals surface area contributed by atoms with Gasteiger partial charge in [0.2, 0.25) is 0 Å². The van der Waals surface area contributed by atoms with E-state index >= 15 is 0 Å². The lowest BCUT2D eigenvalue weighted by atomic mass is 10.1. The van der Waals surface area contributed by atoms with E-state index in [9.17, 15) is 4.79 Å². The number of ether oxygens (including phenoxy) is 1. The second kappa shape index (κ2) is 7.10. The monoisotopic (exact) mass is 259 g/mol. The number of hydrogen-bond donors (Lipinski definition) is 0. The molecule has 1 heterocycles. The number of nitrogens with zero attached hydrogens (tertiary/aromatic N) is 1. The van der Waals surface area contributed by atoms with Gasteiger partial charge in [0.25, 0.3) is 0 Å². The normalized spacial score (nSPS) is 15.9. The van der Waals surface area contributed by atoms with Crippen molar-refractivity contribution in [1.29, 1.82) is 0 Å². The fourth-order valence-corrected chi connectivity index (χ4v) is 2.13. The molecule has 0 aromatic heterocycles. The van der Waals surface area contributed by atoms with Gasteiger partial charge in [-0.1, -0.05) is 24.3 Å². The SMILES string of the molecule is CC(=O)CC=CCc1ccc(N2CCOCC2)cc1. The molecule has 3 nitrogen and oxygen atoms in total. The maximum atomic E-state index is 10.8. The fourth-order valence-electron chi connectivity index (χ4n) is 2.13.